The van der Waals surface area contributed by atoms with E-state index in [1.54, 1.807) is 0 Å². The van der Waals surface area contributed by atoms with Crippen molar-refractivity contribution >= 4 is 32.6 Å². The number of benzene rings is 2. The van der Waals surface area contributed by atoms with Gasteiger partial charge in [-0.3, -0.25) is 4.79 Å². The molecule has 0 unspecified atom stereocenters. The molecule has 0 aliphatic rings. The van der Waals surface area contributed by atoms with Gasteiger partial charge >= 0.3 is 0 Å². The molecular weight excluding hydrogens is 388 g/mol. The molecule has 1 N–H and O–H groups in total. The summed E-state index contributed by atoms with van der Waals surface area (Å²) in [5, 5.41) is 15.9. The fraction of sp³-hybridized carbons (Fsp3) is 0.250. The first-order valence-electron chi connectivity index (χ1n) is 9.38. The molecule has 2 heterocycles. The molecule has 9 heteroatoms. The van der Waals surface area contributed by atoms with Gasteiger partial charge < -0.3 is 10.1 Å². The van der Waals surface area contributed by atoms with Crippen LogP contribution in [0.4, 0.5) is 5.13 Å². The van der Waals surface area contributed by atoms with Crippen molar-refractivity contribution in [3.63, 3.8) is 0 Å². The van der Waals surface area contributed by atoms with Crippen molar-refractivity contribution in [3.05, 3.63) is 48.5 Å². The number of nitrogens with zero attached hydrogens (tertiary/aromatic N) is 5. The Morgan fingerprint density at radius 3 is 2.90 bits per heavy atom. The number of nitrogens with one attached hydrogen (secondary N) is 1. The van der Waals surface area contributed by atoms with Gasteiger partial charge in [-0.1, -0.05) is 41.7 Å². The zero-order valence-corrected chi connectivity index (χ0v) is 16.7. The molecule has 0 fully saturated rings. The molecule has 4 rings (SSSR count). The van der Waals surface area contributed by atoms with Crippen molar-refractivity contribution < 1.29 is 9.53 Å². The molecule has 0 spiro atoms. The Balaban J connectivity index is 1.29. The largest absolute Gasteiger partial charge is 0.494 e. The van der Waals surface area contributed by atoms with Crippen LogP contribution in [0.5, 0.6) is 5.75 Å². The maximum atomic E-state index is 12.2. The van der Waals surface area contributed by atoms with Gasteiger partial charge in [0, 0.05) is 12.0 Å². The number of carbonyl (C=O) groups is 1. The molecule has 148 valence electrons. The van der Waals surface area contributed by atoms with E-state index in [2.05, 4.69) is 25.7 Å². The summed E-state index contributed by atoms with van der Waals surface area (Å²) in [5.74, 6) is 1.30. The number of carbonyl (C=O) groups excluding carboxylic acids is 1. The first-order chi connectivity index (χ1) is 14.2. The predicted molar refractivity (Wildman–Crippen MR) is 112 cm³/mol. The molecule has 2 aromatic heterocycles. The lowest BCUT2D eigenvalue weighted by Crippen LogP contribution is -2.13. The van der Waals surface area contributed by atoms with Crippen molar-refractivity contribution in [2.45, 2.75) is 26.3 Å². The van der Waals surface area contributed by atoms with Crippen molar-refractivity contribution in [3.8, 4) is 17.1 Å². The van der Waals surface area contributed by atoms with Crippen LogP contribution in [0.3, 0.4) is 0 Å². The number of tetrazole rings is 1. The highest BCUT2D eigenvalue weighted by Gasteiger charge is 2.10. The van der Waals surface area contributed by atoms with Crippen molar-refractivity contribution in [2.24, 2.45) is 0 Å². The number of aryl methyl sites for hydroxylation is 1. The molecule has 8 nitrogen and oxygen atoms in total. The van der Waals surface area contributed by atoms with Crippen LogP contribution in [0.25, 0.3) is 21.6 Å². The summed E-state index contributed by atoms with van der Waals surface area (Å²) in [7, 11) is 0. The van der Waals surface area contributed by atoms with Gasteiger partial charge in [-0.2, -0.15) is 4.80 Å². The van der Waals surface area contributed by atoms with Crippen molar-refractivity contribution in [1.29, 1.82) is 0 Å². The van der Waals surface area contributed by atoms with Gasteiger partial charge in [0.25, 0.3) is 0 Å². The van der Waals surface area contributed by atoms with E-state index in [0.29, 0.717) is 36.9 Å². The van der Waals surface area contributed by atoms with Gasteiger partial charge in [0.05, 0.1) is 23.4 Å². The number of hydrogen-bond acceptors (Lipinski definition) is 7. The first kappa shape index (κ1) is 19.0. The molecule has 0 bridgehead atoms. The normalized spacial score (nSPS) is 10.9. The number of rotatable bonds is 8. The number of amides is 1. The third kappa shape index (κ3) is 4.75. The van der Waals surface area contributed by atoms with Gasteiger partial charge in [-0.15, -0.1) is 10.2 Å². The minimum absolute atomic E-state index is 0.0857. The zero-order valence-electron chi connectivity index (χ0n) is 15.9. The van der Waals surface area contributed by atoms with E-state index < -0.39 is 0 Å². The smallest absolute Gasteiger partial charge is 0.226 e. The Bertz CT molecular complexity index is 1110. The molecule has 2 aromatic carbocycles. The summed E-state index contributed by atoms with van der Waals surface area (Å²) in [6.07, 6.45) is 0.956. The zero-order chi connectivity index (χ0) is 20.1. The third-order valence-corrected chi connectivity index (χ3v) is 5.10. The molecule has 0 saturated carbocycles. The summed E-state index contributed by atoms with van der Waals surface area (Å²) < 4.78 is 6.48. The maximum absolute atomic E-state index is 12.2. The van der Waals surface area contributed by atoms with E-state index in [9.17, 15) is 4.79 Å². The minimum Gasteiger partial charge on any atom is -0.494 e. The predicted octanol–water partition coefficient (Wildman–Crippen LogP) is 3.77. The fourth-order valence-corrected chi connectivity index (χ4v) is 3.73. The fourth-order valence-electron chi connectivity index (χ4n) is 2.82. The van der Waals surface area contributed by atoms with Crippen LogP contribution in [-0.2, 0) is 11.3 Å². The van der Waals surface area contributed by atoms with Gasteiger partial charge in [0.15, 0.2) is 5.13 Å². The summed E-state index contributed by atoms with van der Waals surface area (Å²) in [4.78, 5) is 18.2. The summed E-state index contributed by atoms with van der Waals surface area (Å²) in [5.41, 5.74) is 1.76. The third-order valence-electron chi connectivity index (χ3n) is 4.16. The Labute approximate surface area is 171 Å². The molecule has 4 aromatic rings. The average Bonchev–Trinajstić information content (AvgIpc) is 3.35. The van der Waals surface area contributed by atoms with Crippen molar-refractivity contribution in [2.75, 3.05) is 11.9 Å². The second-order valence-electron chi connectivity index (χ2n) is 6.31. The summed E-state index contributed by atoms with van der Waals surface area (Å²) in [6, 6.07) is 15.4. The minimum atomic E-state index is -0.0857. The van der Waals surface area contributed by atoms with Crippen LogP contribution in [0.2, 0.25) is 0 Å². The van der Waals surface area contributed by atoms with Gasteiger partial charge in [0.2, 0.25) is 11.7 Å². The monoisotopic (exact) mass is 408 g/mol. The molecule has 0 radical (unpaired) electrons. The lowest BCUT2D eigenvalue weighted by Gasteiger charge is -2.01. The number of ether oxygens (including phenoxy) is 1. The van der Waals surface area contributed by atoms with Crippen LogP contribution in [0.15, 0.2) is 48.5 Å². The maximum Gasteiger partial charge on any atom is 0.226 e. The molecular formula is C20H20N6O2S. The Hall–Kier alpha value is -3.33. The standard InChI is InChI=1S/C20H20N6O2S/c1-2-28-15-10-11-16-17(13-15)29-20(21-16)22-18(27)9-6-12-26-24-19(23-25-26)14-7-4-3-5-8-14/h3-5,7-8,10-11,13H,2,6,9,12H2,1H3,(H,21,22,27). The molecule has 0 saturated heterocycles. The highest BCUT2D eigenvalue weighted by molar-refractivity contribution is 7.22. The average molecular weight is 408 g/mol. The number of hydrogen-bond donors (Lipinski definition) is 1. The van der Waals surface area contributed by atoms with E-state index in [1.165, 1.54) is 16.1 Å². The van der Waals surface area contributed by atoms with Gasteiger partial charge in [-0.05, 0) is 36.8 Å². The Morgan fingerprint density at radius 1 is 1.21 bits per heavy atom. The van der Waals surface area contributed by atoms with E-state index >= 15 is 0 Å². The quantitative estimate of drug-likeness (QED) is 0.477. The van der Waals surface area contributed by atoms with E-state index in [4.69, 9.17) is 4.74 Å². The lowest BCUT2D eigenvalue weighted by atomic mass is 10.2. The molecule has 29 heavy (non-hydrogen) atoms. The molecule has 1 amide bonds. The SMILES string of the molecule is CCOc1ccc2nc(NC(=O)CCCn3nnc(-c4ccccc4)n3)sc2c1. The van der Waals surface area contributed by atoms with E-state index in [-0.39, 0.29) is 5.91 Å². The molecule has 0 aliphatic carbocycles. The van der Waals surface area contributed by atoms with Crippen LogP contribution < -0.4 is 10.1 Å². The highest BCUT2D eigenvalue weighted by Crippen LogP contribution is 2.29. The van der Waals surface area contributed by atoms with Crippen molar-refractivity contribution in [1.82, 2.24) is 25.2 Å². The first-order valence-corrected chi connectivity index (χ1v) is 10.2. The summed E-state index contributed by atoms with van der Waals surface area (Å²) >= 11 is 1.43. The van der Waals surface area contributed by atoms with E-state index in [1.807, 2.05) is 55.5 Å². The Morgan fingerprint density at radius 2 is 2.07 bits per heavy atom. The highest BCUT2D eigenvalue weighted by atomic mass is 32.1. The second-order valence-corrected chi connectivity index (χ2v) is 7.34. The topological polar surface area (TPSA) is 94.8 Å². The van der Waals surface area contributed by atoms with Crippen LogP contribution >= 0.6 is 11.3 Å². The second kappa shape index (κ2) is 8.78. The Kier molecular flexibility index (Phi) is 5.76. The van der Waals surface area contributed by atoms with Crippen LogP contribution in [0, 0.1) is 0 Å². The lowest BCUT2D eigenvalue weighted by molar-refractivity contribution is -0.116. The van der Waals surface area contributed by atoms with Gasteiger partial charge in [-0.25, -0.2) is 4.98 Å². The van der Waals surface area contributed by atoms with Gasteiger partial charge in [0.1, 0.15) is 5.75 Å². The number of fused-ring (bicyclic) bond motifs is 1. The van der Waals surface area contributed by atoms with Crippen LogP contribution in [-0.4, -0.2) is 37.7 Å². The number of anilines is 1. The molecule has 0 aliphatic heterocycles. The number of thiazole rings is 1. The molecule has 0 atom stereocenters. The number of aromatic nitrogens is 5. The summed E-state index contributed by atoms with van der Waals surface area (Å²) in [6.45, 7) is 3.08. The van der Waals surface area contributed by atoms with Crippen LogP contribution in [0.1, 0.15) is 19.8 Å². The van der Waals surface area contributed by atoms with E-state index in [0.717, 1.165) is 21.5 Å².